The molecular weight excluding hydrogens is 266 g/mol. The molecule has 0 spiro atoms. The molecule has 5 heteroatoms. The fourth-order valence-corrected chi connectivity index (χ4v) is 2.07. The predicted molar refractivity (Wildman–Crippen MR) is 78.6 cm³/mol. The molecule has 1 aromatic carbocycles. The van der Waals surface area contributed by atoms with Crippen LogP contribution in [0.1, 0.15) is 21.7 Å². The Balaban J connectivity index is 1.65. The standard InChI is InChI=1S/C16H15N3O2/c1-12-6-5-9-15-17-14(10-19(12)15)16(20)18-21-11-13-7-3-2-4-8-13/h2-10H,11H2,1H3,(H,18,20). The second kappa shape index (κ2) is 5.76. The Morgan fingerprint density at radius 3 is 2.76 bits per heavy atom. The van der Waals surface area contributed by atoms with E-state index in [0.29, 0.717) is 12.3 Å². The molecule has 0 fully saturated rings. The number of imidazole rings is 1. The van der Waals surface area contributed by atoms with Crippen LogP contribution in [0.15, 0.2) is 54.7 Å². The Kier molecular flexibility index (Phi) is 3.66. The molecule has 3 aromatic rings. The van der Waals surface area contributed by atoms with Crippen molar-refractivity contribution in [3.63, 3.8) is 0 Å². The largest absolute Gasteiger partial charge is 0.304 e. The molecule has 1 N–H and O–H groups in total. The van der Waals surface area contributed by atoms with Gasteiger partial charge < -0.3 is 4.40 Å². The van der Waals surface area contributed by atoms with Crippen LogP contribution in [0.4, 0.5) is 0 Å². The van der Waals surface area contributed by atoms with E-state index in [-0.39, 0.29) is 5.91 Å². The summed E-state index contributed by atoms with van der Waals surface area (Å²) in [4.78, 5) is 21.5. The van der Waals surface area contributed by atoms with Crippen molar-refractivity contribution in [2.24, 2.45) is 0 Å². The van der Waals surface area contributed by atoms with E-state index in [1.807, 2.05) is 59.9 Å². The van der Waals surface area contributed by atoms with Crippen molar-refractivity contribution in [2.75, 3.05) is 0 Å². The van der Waals surface area contributed by atoms with Crippen LogP contribution in [-0.4, -0.2) is 15.3 Å². The topological polar surface area (TPSA) is 55.6 Å². The average molecular weight is 281 g/mol. The minimum atomic E-state index is -0.353. The van der Waals surface area contributed by atoms with Gasteiger partial charge in [0.2, 0.25) is 0 Å². The van der Waals surface area contributed by atoms with Crippen molar-refractivity contribution < 1.29 is 9.63 Å². The zero-order chi connectivity index (χ0) is 14.7. The van der Waals surface area contributed by atoms with Gasteiger partial charge in [0.1, 0.15) is 11.3 Å². The molecular formula is C16H15N3O2. The van der Waals surface area contributed by atoms with Gasteiger partial charge in [0.15, 0.2) is 0 Å². The summed E-state index contributed by atoms with van der Waals surface area (Å²) in [5, 5.41) is 0. The Labute approximate surface area is 122 Å². The van der Waals surface area contributed by atoms with Crippen molar-refractivity contribution in [1.82, 2.24) is 14.9 Å². The number of hydrogen-bond acceptors (Lipinski definition) is 3. The number of nitrogens with one attached hydrogen (secondary N) is 1. The monoisotopic (exact) mass is 281 g/mol. The van der Waals surface area contributed by atoms with Crippen LogP contribution >= 0.6 is 0 Å². The van der Waals surface area contributed by atoms with Crippen LogP contribution in [0.5, 0.6) is 0 Å². The zero-order valence-electron chi connectivity index (χ0n) is 11.6. The Morgan fingerprint density at radius 2 is 2.00 bits per heavy atom. The summed E-state index contributed by atoms with van der Waals surface area (Å²) in [7, 11) is 0. The Morgan fingerprint density at radius 1 is 1.19 bits per heavy atom. The summed E-state index contributed by atoms with van der Waals surface area (Å²) in [6.45, 7) is 2.28. The first kappa shape index (κ1) is 13.3. The SMILES string of the molecule is Cc1cccc2nc(C(=O)NOCc3ccccc3)cn12. The van der Waals surface area contributed by atoms with E-state index < -0.39 is 0 Å². The fourth-order valence-electron chi connectivity index (χ4n) is 2.07. The van der Waals surface area contributed by atoms with Crippen molar-refractivity contribution >= 4 is 11.6 Å². The van der Waals surface area contributed by atoms with Gasteiger partial charge >= 0.3 is 0 Å². The highest BCUT2D eigenvalue weighted by Gasteiger charge is 2.11. The van der Waals surface area contributed by atoms with Crippen molar-refractivity contribution in [2.45, 2.75) is 13.5 Å². The lowest BCUT2D eigenvalue weighted by molar-refractivity contribution is 0.0230. The van der Waals surface area contributed by atoms with E-state index in [1.165, 1.54) is 0 Å². The number of fused-ring (bicyclic) bond motifs is 1. The number of aryl methyl sites for hydroxylation is 1. The smallest absolute Gasteiger partial charge is 0.295 e. The third-order valence-electron chi connectivity index (χ3n) is 3.18. The van der Waals surface area contributed by atoms with E-state index in [4.69, 9.17) is 4.84 Å². The molecule has 3 rings (SSSR count). The number of carbonyl (C=O) groups is 1. The molecule has 0 atom stereocenters. The van der Waals surface area contributed by atoms with E-state index in [1.54, 1.807) is 6.20 Å². The minimum Gasteiger partial charge on any atom is -0.304 e. The number of hydrogen-bond donors (Lipinski definition) is 1. The number of rotatable bonds is 4. The first-order valence-electron chi connectivity index (χ1n) is 6.65. The Bertz CT molecular complexity index is 766. The number of amides is 1. The summed E-state index contributed by atoms with van der Waals surface area (Å²) in [5.41, 5.74) is 5.49. The highest BCUT2D eigenvalue weighted by atomic mass is 16.6. The molecule has 0 aliphatic heterocycles. The van der Waals surface area contributed by atoms with E-state index in [9.17, 15) is 4.79 Å². The second-order valence-corrected chi connectivity index (χ2v) is 4.73. The van der Waals surface area contributed by atoms with Gasteiger partial charge in [0, 0.05) is 11.9 Å². The maximum atomic E-state index is 12.0. The molecule has 0 aliphatic carbocycles. The highest BCUT2D eigenvalue weighted by molar-refractivity contribution is 5.92. The van der Waals surface area contributed by atoms with Gasteiger partial charge in [0.25, 0.3) is 5.91 Å². The third kappa shape index (κ3) is 2.93. The number of benzene rings is 1. The van der Waals surface area contributed by atoms with Gasteiger partial charge in [-0.1, -0.05) is 36.4 Å². The highest BCUT2D eigenvalue weighted by Crippen LogP contribution is 2.08. The molecule has 0 saturated carbocycles. The fraction of sp³-hybridized carbons (Fsp3) is 0.125. The molecule has 2 aromatic heterocycles. The maximum Gasteiger partial charge on any atom is 0.295 e. The van der Waals surface area contributed by atoms with E-state index >= 15 is 0 Å². The summed E-state index contributed by atoms with van der Waals surface area (Å²) in [6, 6.07) is 15.4. The number of aromatic nitrogens is 2. The van der Waals surface area contributed by atoms with Gasteiger partial charge in [-0.2, -0.15) is 0 Å². The zero-order valence-corrected chi connectivity index (χ0v) is 11.6. The van der Waals surface area contributed by atoms with Gasteiger partial charge in [-0.3, -0.25) is 9.63 Å². The first-order valence-corrected chi connectivity index (χ1v) is 6.65. The number of nitrogens with zero attached hydrogens (tertiary/aromatic N) is 2. The summed E-state index contributed by atoms with van der Waals surface area (Å²) in [6.07, 6.45) is 1.70. The van der Waals surface area contributed by atoms with E-state index in [0.717, 1.165) is 16.9 Å². The number of hydroxylamine groups is 1. The minimum absolute atomic E-state index is 0.318. The lowest BCUT2D eigenvalue weighted by Gasteiger charge is -2.03. The van der Waals surface area contributed by atoms with Gasteiger partial charge in [-0.25, -0.2) is 10.5 Å². The molecule has 106 valence electrons. The van der Waals surface area contributed by atoms with Crippen LogP contribution in [0, 0.1) is 6.92 Å². The maximum absolute atomic E-state index is 12.0. The van der Waals surface area contributed by atoms with Crippen LogP contribution in [0.2, 0.25) is 0 Å². The van der Waals surface area contributed by atoms with Crippen LogP contribution in [-0.2, 0) is 11.4 Å². The van der Waals surface area contributed by atoms with Crippen LogP contribution in [0.25, 0.3) is 5.65 Å². The molecule has 5 nitrogen and oxygen atoms in total. The van der Waals surface area contributed by atoms with E-state index in [2.05, 4.69) is 10.5 Å². The third-order valence-corrected chi connectivity index (χ3v) is 3.18. The summed E-state index contributed by atoms with van der Waals surface area (Å²) >= 11 is 0. The Hall–Kier alpha value is -2.66. The molecule has 0 radical (unpaired) electrons. The molecule has 0 saturated heterocycles. The number of pyridine rings is 1. The van der Waals surface area contributed by atoms with Crippen LogP contribution < -0.4 is 5.48 Å². The quantitative estimate of drug-likeness (QED) is 0.748. The predicted octanol–water partition coefficient (Wildman–Crippen LogP) is 2.50. The molecule has 2 heterocycles. The lowest BCUT2D eigenvalue weighted by atomic mass is 10.2. The molecule has 0 bridgehead atoms. The normalized spacial score (nSPS) is 10.7. The molecule has 1 amide bonds. The van der Waals surface area contributed by atoms with Gasteiger partial charge in [-0.05, 0) is 24.6 Å². The lowest BCUT2D eigenvalue weighted by Crippen LogP contribution is -2.23. The van der Waals surface area contributed by atoms with Crippen molar-refractivity contribution in [3.05, 3.63) is 71.7 Å². The average Bonchev–Trinajstić information content (AvgIpc) is 2.94. The summed E-state index contributed by atoms with van der Waals surface area (Å²) < 4.78 is 1.87. The van der Waals surface area contributed by atoms with Crippen LogP contribution in [0.3, 0.4) is 0 Å². The van der Waals surface area contributed by atoms with Crippen molar-refractivity contribution in [1.29, 1.82) is 0 Å². The molecule has 21 heavy (non-hydrogen) atoms. The van der Waals surface area contributed by atoms with Gasteiger partial charge in [-0.15, -0.1) is 0 Å². The first-order chi connectivity index (χ1) is 10.2. The van der Waals surface area contributed by atoms with Crippen molar-refractivity contribution in [3.8, 4) is 0 Å². The number of carbonyl (C=O) groups excluding carboxylic acids is 1. The van der Waals surface area contributed by atoms with Gasteiger partial charge in [0.05, 0.1) is 6.61 Å². The second-order valence-electron chi connectivity index (χ2n) is 4.73. The summed E-state index contributed by atoms with van der Waals surface area (Å²) in [5.74, 6) is -0.353. The molecule has 0 unspecified atom stereocenters. The molecule has 0 aliphatic rings.